The van der Waals surface area contributed by atoms with Gasteiger partial charge in [-0.2, -0.15) is 0 Å². The first-order valence-electron chi connectivity index (χ1n) is 13.2. The quantitative estimate of drug-likeness (QED) is 0.286. The highest BCUT2D eigenvalue weighted by atomic mass is 16.5. The number of fused-ring (bicyclic) bond motifs is 1. The molecule has 1 aliphatic rings. The van der Waals surface area contributed by atoms with E-state index in [1.165, 1.54) is 5.56 Å². The average Bonchev–Trinajstić information content (AvgIpc) is 3.24. The van der Waals surface area contributed by atoms with Crippen LogP contribution in [0.25, 0.3) is 11.3 Å². The number of hydrogen-bond donors (Lipinski definition) is 2. The second-order valence-corrected chi connectivity index (χ2v) is 8.88. The summed E-state index contributed by atoms with van der Waals surface area (Å²) in [4.78, 5) is 15.8. The summed E-state index contributed by atoms with van der Waals surface area (Å²) >= 11 is 0. The molecule has 4 rings (SSSR count). The first-order chi connectivity index (χ1) is 18.1. The lowest BCUT2D eigenvalue weighted by molar-refractivity contribution is -0.110. The van der Waals surface area contributed by atoms with E-state index in [1.807, 2.05) is 56.3 Å². The van der Waals surface area contributed by atoms with E-state index < -0.39 is 0 Å². The molecule has 0 aliphatic carbocycles. The zero-order valence-corrected chi connectivity index (χ0v) is 22.3. The van der Waals surface area contributed by atoms with Crippen LogP contribution in [0.4, 0.5) is 11.4 Å². The molecule has 1 aliphatic heterocycles. The molecule has 0 fully saturated rings. The van der Waals surface area contributed by atoms with Gasteiger partial charge in [0.05, 0.1) is 30.2 Å². The van der Waals surface area contributed by atoms with Gasteiger partial charge in [-0.3, -0.25) is 4.79 Å². The molecule has 3 aromatic carbocycles. The molecule has 0 aromatic heterocycles. The van der Waals surface area contributed by atoms with Crippen molar-refractivity contribution in [1.29, 1.82) is 0 Å². The van der Waals surface area contributed by atoms with Crippen LogP contribution in [0.1, 0.15) is 44.4 Å². The summed E-state index contributed by atoms with van der Waals surface area (Å²) in [5, 5.41) is 6.57. The Kier molecular flexibility index (Phi) is 8.86. The van der Waals surface area contributed by atoms with E-state index in [0.29, 0.717) is 36.0 Å². The van der Waals surface area contributed by atoms with Gasteiger partial charge in [-0.05, 0) is 62.7 Å². The van der Waals surface area contributed by atoms with Crippen LogP contribution in [-0.2, 0) is 11.2 Å². The summed E-state index contributed by atoms with van der Waals surface area (Å²) in [6.07, 6.45) is 1.01. The lowest BCUT2D eigenvalue weighted by Crippen LogP contribution is -2.25. The van der Waals surface area contributed by atoms with Gasteiger partial charge in [0.1, 0.15) is 0 Å². The van der Waals surface area contributed by atoms with Crippen molar-refractivity contribution < 1.29 is 14.3 Å². The van der Waals surface area contributed by atoms with Gasteiger partial charge in [0, 0.05) is 23.9 Å². The molecule has 37 heavy (non-hydrogen) atoms. The Morgan fingerprint density at radius 2 is 1.51 bits per heavy atom. The molecule has 194 valence electrons. The molecule has 0 spiro atoms. The van der Waals surface area contributed by atoms with Crippen molar-refractivity contribution in [3.05, 3.63) is 83.4 Å². The molecule has 1 heterocycles. The Morgan fingerprint density at radius 3 is 2.14 bits per heavy atom. The number of ether oxygens (including phenoxy) is 2. The average molecular weight is 500 g/mol. The number of hydrogen-bond acceptors (Lipinski definition) is 5. The van der Waals surface area contributed by atoms with Crippen LogP contribution in [0.2, 0.25) is 0 Å². The second-order valence-electron chi connectivity index (χ2n) is 8.88. The van der Waals surface area contributed by atoms with Crippen molar-refractivity contribution in [2.24, 2.45) is 0 Å². The van der Waals surface area contributed by atoms with Gasteiger partial charge in [0.15, 0.2) is 11.5 Å². The van der Waals surface area contributed by atoms with Gasteiger partial charge in [-0.15, -0.1) is 0 Å². The smallest absolute Gasteiger partial charge is 0.258 e. The highest BCUT2D eigenvalue weighted by Crippen LogP contribution is 2.43. The fourth-order valence-electron chi connectivity index (χ4n) is 4.57. The number of amides is 1. The number of carbonyl (C=O) groups is 1. The molecule has 3 aromatic rings. The summed E-state index contributed by atoms with van der Waals surface area (Å²) in [6, 6.07) is 22.2. The molecular weight excluding hydrogens is 462 g/mol. The van der Waals surface area contributed by atoms with Gasteiger partial charge in [0.25, 0.3) is 5.91 Å². The SMILES string of the molecule is CCOc1cc2c(cc1OCC)/C(=C(/Nc1ccc(CCN(CC)CC)cc1)c1ccccc1)C(=O)N2. The normalized spacial score (nSPS) is 13.8. The third-order valence-electron chi connectivity index (χ3n) is 6.58. The highest BCUT2D eigenvalue weighted by molar-refractivity contribution is 6.37. The van der Waals surface area contributed by atoms with Crippen molar-refractivity contribution in [1.82, 2.24) is 4.90 Å². The monoisotopic (exact) mass is 499 g/mol. The second kappa shape index (κ2) is 12.5. The number of nitrogens with zero attached hydrogens (tertiary/aromatic N) is 1. The van der Waals surface area contributed by atoms with Crippen LogP contribution in [0.5, 0.6) is 11.5 Å². The molecule has 0 radical (unpaired) electrons. The minimum Gasteiger partial charge on any atom is -0.490 e. The van der Waals surface area contributed by atoms with Crippen molar-refractivity contribution in [2.45, 2.75) is 34.1 Å². The van der Waals surface area contributed by atoms with Gasteiger partial charge in [-0.25, -0.2) is 0 Å². The van der Waals surface area contributed by atoms with E-state index in [1.54, 1.807) is 0 Å². The molecule has 0 saturated carbocycles. The van der Waals surface area contributed by atoms with Crippen LogP contribution in [0.15, 0.2) is 66.7 Å². The van der Waals surface area contributed by atoms with E-state index in [0.717, 1.165) is 48.6 Å². The Morgan fingerprint density at radius 1 is 0.865 bits per heavy atom. The molecule has 0 bridgehead atoms. The largest absolute Gasteiger partial charge is 0.490 e. The Balaban J connectivity index is 1.72. The predicted octanol–water partition coefficient (Wildman–Crippen LogP) is 6.30. The first-order valence-corrected chi connectivity index (χ1v) is 13.2. The maximum atomic E-state index is 13.3. The van der Waals surface area contributed by atoms with Crippen LogP contribution in [0.3, 0.4) is 0 Å². The number of likely N-dealkylation sites (N-methyl/N-ethyl adjacent to an activating group) is 1. The third-order valence-corrected chi connectivity index (χ3v) is 6.58. The Labute approximate surface area is 220 Å². The summed E-state index contributed by atoms with van der Waals surface area (Å²) in [6.45, 7) is 12.4. The first kappa shape index (κ1) is 26.3. The summed E-state index contributed by atoms with van der Waals surface area (Å²) < 4.78 is 11.6. The van der Waals surface area contributed by atoms with E-state index in [-0.39, 0.29) is 5.91 Å². The van der Waals surface area contributed by atoms with Crippen LogP contribution >= 0.6 is 0 Å². The maximum absolute atomic E-state index is 13.3. The fraction of sp³-hybridized carbons (Fsp3) is 0.323. The molecule has 6 nitrogen and oxygen atoms in total. The Bertz CT molecular complexity index is 1230. The van der Waals surface area contributed by atoms with Crippen LogP contribution in [0, 0.1) is 0 Å². The van der Waals surface area contributed by atoms with E-state index in [4.69, 9.17) is 9.47 Å². The lowest BCUT2D eigenvalue weighted by Gasteiger charge is -2.18. The number of nitrogens with one attached hydrogen (secondary N) is 2. The van der Waals surface area contributed by atoms with Gasteiger partial charge in [-0.1, -0.05) is 56.3 Å². The van der Waals surface area contributed by atoms with E-state index in [9.17, 15) is 4.79 Å². The Hall–Kier alpha value is -3.77. The summed E-state index contributed by atoms with van der Waals surface area (Å²) in [5.41, 5.74) is 5.98. The topological polar surface area (TPSA) is 62.8 Å². The van der Waals surface area contributed by atoms with E-state index in [2.05, 4.69) is 53.6 Å². The number of benzene rings is 3. The van der Waals surface area contributed by atoms with Gasteiger partial charge in [0.2, 0.25) is 0 Å². The minimum absolute atomic E-state index is 0.159. The van der Waals surface area contributed by atoms with Crippen LogP contribution in [-0.4, -0.2) is 43.7 Å². The number of rotatable bonds is 12. The molecular formula is C31H37N3O3. The zero-order chi connectivity index (χ0) is 26.2. The highest BCUT2D eigenvalue weighted by Gasteiger charge is 2.30. The van der Waals surface area contributed by atoms with Gasteiger partial charge < -0.3 is 25.0 Å². The molecule has 1 amide bonds. The molecule has 0 atom stereocenters. The number of carbonyl (C=O) groups excluding carboxylic acids is 1. The fourth-order valence-corrected chi connectivity index (χ4v) is 4.57. The maximum Gasteiger partial charge on any atom is 0.258 e. The van der Waals surface area contributed by atoms with Gasteiger partial charge >= 0.3 is 0 Å². The summed E-state index contributed by atoms with van der Waals surface area (Å²) in [5.74, 6) is 1.09. The van der Waals surface area contributed by atoms with Crippen molar-refractivity contribution in [2.75, 3.05) is 43.5 Å². The molecule has 0 unspecified atom stereocenters. The van der Waals surface area contributed by atoms with E-state index >= 15 is 0 Å². The summed E-state index contributed by atoms with van der Waals surface area (Å²) in [7, 11) is 0. The zero-order valence-electron chi connectivity index (χ0n) is 22.3. The molecule has 2 N–H and O–H groups in total. The van der Waals surface area contributed by atoms with Crippen molar-refractivity contribution in [3.63, 3.8) is 0 Å². The predicted molar refractivity (Wildman–Crippen MR) is 152 cm³/mol. The standard InChI is InChI=1S/C31H37N3O3/c1-5-34(6-2)19-18-22-14-16-24(17-15-22)32-30(23-12-10-9-11-13-23)29-25-20-27(36-7-3)28(37-8-4)21-26(25)33-31(29)35/h9-17,20-21,32H,5-8,18-19H2,1-4H3,(H,33,35)/b30-29-. The third kappa shape index (κ3) is 6.15. The van der Waals surface area contributed by atoms with Crippen molar-refractivity contribution in [3.8, 4) is 11.5 Å². The van der Waals surface area contributed by atoms with Crippen LogP contribution < -0.4 is 20.1 Å². The number of anilines is 2. The molecule has 0 saturated heterocycles. The molecule has 6 heteroatoms. The van der Waals surface area contributed by atoms with Crippen molar-refractivity contribution >= 4 is 28.6 Å². The minimum atomic E-state index is -0.159. The lowest BCUT2D eigenvalue weighted by atomic mass is 9.99.